The fourth-order valence-corrected chi connectivity index (χ4v) is 6.74. The first-order chi connectivity index (χ1) is 14.6. The number of sulfonamides is 1. The summed E-state index contributed by atoms with van der Waals surface area (Å²) in [5.41, 5.74) is -0.867. The molecular formula is C20H21F3N2O4S2. The van der Waals surface area contributed by atoms with Crippen LogP contribution in [0.1, 0.15) is 24.8 Å². The number of rotatable bonds is 2. The Morgan fingerprint density at radius 1 is 1.16 bits per heavy atom. The van der Waals surface area contributed by atoms with E-state index in [1.54, 1.807) is 17.5 Å². The van der Waals surface area contributed by atoms with Crippen molar-refractivity contribution in [1.82, 2.24) is 4.31 Å². The summed E-state index contributed by atoms with van der Waals surface area (Å²) < 4.78 is 72.3. The maximum absolute atomic E-state index is 13.0. The maximum Gasteiger partial charge on any atom is 0.416 e. The lowest BCUT2D eigenvalue weighted by molar-refractivity contribution is -0.137. The predicted molar refractivity (Wildman–Crippen MR) is 109 cm³/mol. The van der Waals surface area contributed by atoms with Crippen LogP contribution in [0.3, 0.4) is 0 Å². The van der Waals surface area contributed by atoms with E-state index in [1.807, 2.05) is 0 Å². The van der Waals surface area contributed by atoms with Gasteiger partial charge in [-0.25, -0.2) is 8.42 Å². The van der Waals surface area contributed by atoms with E-state index in [-0.39, 0.29) is 47.1 Å². The van der Waals surface area contributed by atoms with Gasteiger partial charge in [-0.3, -0.25) is 4.79 Å². The lowest BCUT2D eigenvalue weighted by Crippen LogP contribution is -2.45. The SMILES string of the molecule is O=C1C[C@@H]2CCN(S(=O)(=O)c3cccs3)C[C@@H]2CCOc2ccc(C(F)(F)F)cc2N1. The summed E-state index contributed by atoms with van der Waals surface area (Å²) in [5, 5.41) is 4.26. The van der Waals surface area contributed by atoms with Crippen LogP contribution >= 0.6 is 11.3 Å². The molecule has 0 saturated carbocycles. The van der Waals surface area contributed by atoms with Gasteiger partial charge in [0.15, 0.2) is 0 Å². The van der Waals surface area contributed by atoms with E-state index < -0.39 is 27.7 Å². The van der Waals surface area contributed by atoms with E-state index in [2.05, 4.69) is 5.32 Å². The zero-order valence-corrected chi connectivity index (χ0v) is 18.0. The number of alkyl halides is 3. The van der Waals surface area contributed by atoms with Crippen LogP contribution in [0.15, 0.2) is 39.9 Å². The van der Waals surface area contributed by atoms with Crippen LogP contribution in [-0.4, -0.2) is 38.3 Å². The summed E-state index contributed by atoms with van der Waals surface area (Å²) in [7, 11) is -3.58. The average Bonchev–Trinajstić information content (AvgIpc) is 3.25. The fraction of sp³-hybridized carbons (Fsp3) is 0.450. The topological polar surface area (TPSA) is 75.7 Å². The first-order valence-corrected chi connectivity index (χ1v) is 12.1. The van der Waals surface area contributed by atoms with Crippen LogP contribution < -0.4 is 10.1 Å². The summed E-state index contributed by atoms with van der Waals surface area (Å²) in [6.07, 6.45) is -3.42. The number of thiophene rings is 1. The number of piperidine rings is 1. The van der Waals surface area contributed by atoms with Crippen molar-refractivity contribution in [1.29, 1.82) is 0 Å². The second-order valence-corrected chi connectivity index (χ2v) is 10.8. The fourth-order valence-electron chi connectivity index (χ4n) is 4.09. The molecule has 31 heavy (non-hydrogen) atoms. The summed E-state index contributed by atoms with van der Waals surface area (Å²) in [6, 6.07) is 6.25. The Labute approximate surface area is 182 Å². The number of nitrogens with zero attached hydrogens (tertiary/aromatic N) is 1. The number of amides is 1. The number of halogens is 3. The minimum absolute atomic E-state index is 0.00372. The molecule has 0 unspecified atom stereocenters. The average molecular weight is 475 g/mol. The third kappa shape index (κ3) is 4.73. The van der Waals surface area contributed by atoms with Crippen LogP contribution in [0.4, 0.5) is 18.9 Å². The van der Waals surface area contributed by atoms with Crippen LogP contribution in [-0.2, 0) is 21.0 Å². The molecule has 1 saturated heterocycles. The normalized spacial score (nSPS) is 23.3. The van der Waals surface area contributed by atoms with Crippen molar-refractivity contribution >= 4 is 33.0 Å². The number of carbonyl (C=O) groups excluding carboxylic acids is 1. The molecule has 1 fully saturated rings. The first kappa shape index (κ1) is 22.1. The molecule has 2 aliphatic heterocycles. The molecule has 0 aliphatic carbocycles. The molecule has 4 rings (SSSR count). The molecule has 0 spiro atoms. The van der Waals surface area contributed by atoms with Crippen LogP contribution in [0, 0.1) is 11.8 Å². The number of carbonyl (C=O) groups is 1. The smallest absolute Gasteiger partial charge is 0.416 e. The molecule has 2 atom stereocenters. The highest BCUT2D eigenvalue weighted by Crippen LogP contribution is 2.38. The Morgan fingerprint density at radius 3 is 2.68 bits per heavy atom. The third-order valence-corrected chi connectivity index (χ3v) is 8.96. The lowest BCUT2D eigenvalue weighted by atomic mass is 9.82. The highest BCUT2D eigenvalue weighted by molar-refractivity contribution is 7.91. The van der Waals surface area contributed by atoms with Crippen molar-refractivity contribution < 1.29 is 31.1 Å². The van der Waals surface area contributed by atoms with E-state index in [9.17, 15) is 26.4 Å². The second-order valence-electron chi connectivity index (χ2n) is 7.70. The molecule has 1 aromatic carbocycles. The van der Waals surface area contributed by atoms with Gasteiger partial charge in [0.05, 0.1) is 17.9 Å². The zero-order chi connectivity index (χ0) is 22.2. The van der Waals surface area contributed by atoms with Crippen LogP contribution in [0.25, 0.3) is 0 Å². The monoisotopic (exact) mass is 474 g/mol. The van der Waals surface area contributed by atoms with Crippen molar-refractivity contribution in [3.63, 3.8) is 0 Å². The van der Waals surface area contributed by atoms with Crippen LogP contribution in [0.2, 0.25) is 0 Å². The van der Waals surface area contributed by atoms with Gasteiger partial charge in [-0.2, -0.15) is 17.5 Å². The molecule has 1 N–H and O–H groups in total. The molecule has 3 heterocycles. The molecule has 0 bridgehead atoms. The molecule has 0 radical (unpaired) electrons. The zero-order valence-electron chi connectivity index (χ0n) is 16.4. The second kappa shape index (κ2) is 8.44. The van der Waals surface area contributed by atoms with E-state index in [0.717, 1.165) is 23.5 Å². The Hall–Kier alpha value is -2.11. The quantitative estimate of drug-likeness (QED) is 0.708. The van der Waals surface area contributed by atoms with Gasteiger partial charge in [-0.1, -0.05) is 6.07 Å². The molecule has 1 amide bonds. The molecular weight excluding hydrogens is 453 g/mol. The molecule has 6 nitrogen and oxygen atoms in total. The van der Waals surface area contributed by atoms with Crippen molar-refractivity contribution in [3.05, 3.63) is 41.3 Å². The number of hydrogen-bond donors (Lipinski definition) is 1. The van der Waals surface area contributed by atoms with Gasteiger partial charge in [0.25, 0.3) is 10.0 Å². The van der Waals surface area contributed by atoms with Crippen molar-refractivity contribution in [2.24, 2.45) is 11.8 Å². The predicted octanol–water partition coefficient (Wildman–Crippen LogP) is 4.21. The maximum atomic E-state index is 13.0. The van der Waals surface area contributed by atoms with E-state index in [1.165, 1.54) is 10.4 Å². The number of hydrogen-bond acceptors (Lipinski definition) is 5. The standard InChI is InChI=1S/C20H21F3N2O4S2/c21-20(22,23)15-3-4-17-16(11-15)24-18(26)10-13-5-7-25(12-14(13)6-8-29-17)31(27,28)19-2-1-9-30-19/h1-4,9,11,13-14H,5-8,10,12H2,(H,24,26)/t13-,14-/m0/s1. The number of ether oxygens (including phenoxy) is 1. The molecule has 11 heteroatoms. The minimum atomic E-state index is -4.53. The Kier molecular flexibility index (Phi) is 6.01. The largest absolute Gasteiger partial charge is 0.491 e. The highest BCUT2D eigenvalue weighted by Gasteiger charge is 2.37. The van der Waals surface area contributed by atoms with Gasteiger partial charge in [-0.15, -0.1) is 11.3 Å². The van der Waals surface area contributed by atoms with Gasteiger partial charge in [0, 0.05) is 19.5 Å². The summed E-state index contributed by atoms with van der Waals surface area (Å²) >= 11 is 1.16. The molecule has 1 aromatic heterocycles. The molecule has 2 aromatic rings. The minimum Gasteiger partial charge on any atom is -0.491 e. The van der Waals surface area contributed by atoms with Crippen molar-refractivity contribution in [3.8, 4) is 5.75 Å². The van der Waals surface area contributed by atoms with Crippen molar-refractivity contribution in [2.75, 3.05) is 25.0 Å². The van der Waals surface area contributed by atoms with E-state index >= 15 is 0 Å². The van der Waals surface area contributed by atoms with Crippen LogP contribution in [0.5, 0.6) is 5.75 Å². The molecule has 2 aliphatic rings. The Bertz CT molecular complexity index is 1050. The Morgan fingerprint density at radius 2 is 1.97 bits per heavy atom. The summed E-state index contributed by atoms with van der Waals surface area (Å²) in [5.74, 6) is -0.412. The summed E-state index contributed by atoms with van der Waals surface area (Å²) in [4.78, 5) is 12.6. The van der Waals surface area contributed by atoms with Crippen molar-refractivity contribution in [2.45, 2.75) is 29.6 Å². The van der Waals surface area contributed by atoms with E-state index in [4.69, 9.17) is 4.74 Å². The molecule has 168 valence electrons. The lowest BCUT2D eigenvalue weighted by Gasteiger charge is -2.38. The third-order valence-electron chi connectivity index (χ3n) is 5.72. The van der Waals surface area contributed by atoms with Gasteiger partial charge < -0.3 is 10.1 Å². The summed E-state index contributed by atoms with van der Waals surface area (Å²) in [6.45, 7) is 0.786. The first-order valence-electron chi connectivity index (χ1n) is 9.82. The highest BCUT2D eigenvalue weighted by atomic mass is 32.2. The van der Waals surface area contributed by atoms with E-state index in [0.29, 0.717) is 19.4 Å². The van der Waals surface area contributed by atoms with Gasteiger partial charge in [0.2, 0.25) is 5.91 Å². The number of anilines is 1. The number of fused-ring (bicyclic) bond motifs is 2. The number of nitrogens with one attached hydrogen (secondary N) is 1. The van der Waals surface area contributed by atoms with Gasteiger partial charge in [0.1, 0.15) is 9.96 Å². The van der Waals surface area contributed by atoms with Gasteiger partial charge in [-0.05, 0) is 54.3 Å². The Balaban J connectivity index is 1.53. The number of benzene rings is 1. The van der Waals surface area contributed by atoms with Gasteiger partial charge >= 0.3 is 6.18 Å².